The number of hydrogen-bond donors (Lipinski definition) is 1. The van der Waals surface area contributed by atoms with Crippen molar-refractivity contribution in [3.8, 4) is 0 Å². The minimum atomic E-state index is -0.352. The first-order valence-corrected chi connectivity index (χ1v) is 10.2. The highest BCUT2D eigenvalue weighted by atomic mass is 35.5. The standard InChI is InChI=1S/C23H20ClN3O4/c1-13(2)31-21(28)9-14-8-15-10-19(27-22(15)25-12-14)17-11-16(5-6-18(17)24)26-23(29)20-4-3-7-30-20/h3-8,11-13H,9-10H2,1-2H3,(H,26,29). The molecule has 1 N–H and O–H groups in total. The molecule has 3 aromatic rings. The van der Waals surface area contributed by atoms with E-state index in [0.29, 0.717) is 28.5 Å². The minimum absolute atomic E-state index is 0.156. The maximum Gasteiger partial charge on any atom is 0.310 e. The molecule has 0 saturated heterocycles. The molecule has 4 rings (SSSR count). The van der Waals surface area contributed by atoms with Gasteiger partial charge in [0.2, 0.25) is 0 Å². The van der Waals surface area contributed by atoms with Gasteiger partial charge >= 0.3 is 5.97 Å². The van der Waals surface area contributed by atoms with Crippen LogP contribution in [0.25, 0.3) is 0 Å². The lowest BCUT2D eigenvalue weighted by Crippen LogP contribution is -2.13. The second-order valence-corrected chi connectivity index (χ2v) is 7.81. The average Bonchev–Trinajstić information content (AvgIpc) is 3.38. The van der Waals surface area contributed by atoms with Gasteiger partial charge in [-0.15, -0.1) is 0 Å². The highest BCUT2D eigenvalue weighted by molar-refractivity contribution is 6.34. The summed E-state index contributed by atoms with van der Waals surface area (Å²) in [6.45, 7) is 3.63. The highest BCUT2D eigenvalue weighted by Gasteiger charge is 2.21. The third-order valence-electron chi connectivity index (χ3n) is 4.59. The van der Waals surface area contributed by atoms with E-state index in [-0.39, 0.29) is 30.2 Å². The van der Waals surface area contributed by atoms with Gasteiger partial charge in [-0.3, -0.25) is 9.59 Å². The van der Waals surface area contributed by atoms with Gasteiger partial charge in [0.25, 0.3) is 5.91 Å². The molecule has 8 heteroatoms. The number of nitrogens with zero attached hydrogens (tertiary/aromatic N) is 2. The fourth-order valence-corrected chi connectivity index (χ4v) is 3.51. The normalized spacial score (nSPS) is 12.5. The summed E-state index contributed by atoms with van der Waals surface area (Å²) < 4.78 is 10.3. The van der Waals surface area contributed by atoms with E-state index in [1.165, 1.54) is 6.26 Å². The zero-order chi connectivity index (χ0) is 22.0. The van der Waals surface area contributed by atoms with Gasteiger partial charge in [-0.1, -0.05) is 11.6 Å². The molecule has 0 atom stereocenters. The van der Waals surface area contributed by atoms with Crippen LogP contribution in [0.4, 0.5) is 11.5 Å². The summed E-state index contributed by atoms with van der Waals surface area (Å²) >= 11 is 6.41. The first kappa shape index (κ1) is 20.8. The molecule has 1 aliphatic heterocycles. The zero-order valence-electron chi connectivity index (χ0n) is 17.0. The monoisotopic (exact) mass is 437 g/mol. The van der Waals surface area contributed by atoms with Crippen LogP contribution in [0.2, 0.25) is 5.02 Å². The molecule has 7 nitrogen and oxygen atoms in total. The Morgan fingerprint density at radius 3 is 2.84 bits per heavy atom. The SMILES string of the molecule is CC(C)OC(=O)Cc1cnc2c(c1)CC(c1cc(NC(=O)c3ccco3)ccc1Cl)=N2. The lowest BCUT2D eigenvalue weighted by molar-refractivity contribution is -0.146. The maximum atomic E-state index is 12.2. The van der Waals surface area contributed by atoms with Crippen LogP contribution in [0.15, 0.2) is 58.3 Å². The molecule has 1 aromatic carbocycles. The quantitative estimate of drug-likeness (QED) is 0.561. The van der Waals surface area contributed by atoms with Gasteiger partial charge < -0.3 is 14.5 Å². The number of fused-ring (bicyclic) bond motifs is 1. The third-order valence-corrected chi connectivity index (χ3v) is 4.92. The number of pyridine rings is 1. The molecular weight excluding hydrogens is 418 g/mol. The van der Waals surface area contributed by atoms with E-state index in [0.717, 1.165) is 16.8 Å². The van der Waals surface area contributed by atoms with Gasteiger partial charge in [0.15, 0.2) is 11.6 Å². The van der Waals surface area contributed by atoms with Gasteiger partial charge in [0.05, 0.1) is 24.5 Å². The van der Waals surface area contributed by atoms with Crippen molar-refractivity contribution in [2.24, 2.45) is 4.99 Å². The van der Waals surface area contributed by atoms with Crippen LogP contribution in [-0.2, 0) is 22.4 Å². The molecule has 0 aliphatic carbocycles. The van der Waals surface area contributed by atoms with E-state index < -0.39 is 0 Å². The third kappa shape index (κ3) is 4.83. The van der Waals surface area contributed by atoms with E-state index in [1.54, 1.807) is 36.5 Å². The second-order valence-electron chi connectivity index (χ2n) is 7.40. The summed E-state index contributed by atoms with van der Waals surface area (Å²) in [5, 5.41) is 3.31. The van der Waals surface area contributed by atoms with Crippen molar-refractivity contribution < 1.29 is 18.7 Å². The van der Waals surface area contributed by atoms with E-state index >= 15 is 0 Å². The van der Waals surface area contributed by atoms with E-state index in [1.807, 2.05) is 19.9 Å². The summed E-state index contributed by atoms with van der Waals surface area (Å²) in [7, 11) is 0. The number of esters is 1. The Morgan fingerprint density at radius 2 is 2.10 bits per heavy atom. The van der Waals surface area contributed by atoms with Gasteiger partial charge in [0, 0.05) is 34.5 Å². The van der Waals surface area contributed by atoms with E-state index in [4.69, 9.17) is 20.8 Å². The number of hydrogen-bond acceptors (Lipinski definition) is 6. The maximum absolute atomic E-state index is 12.2. The Hall–Kier alpha value is -3.45. The van der Waals surface area contributed by atoms with Crippen molar-refractivity contribution >= 4 is 40.7 Å². The number of anilines is 1. The number of rotatable bonds is 6. The number of amides is 1. The molecule has 3 heterocycles. The molecule has 158 valence electrons. The first-order valence-electron chi connectivity index (χ1n) is 9.78. The molecule has 31 heavy (non-hydrogen) atoms. The Morgan fingerprint density at radius 1 is 1.26 bits per heavy atom. The average molecular weight is 438 g/mol. The smallest absolute Gasteiger partial charge is 0.310 e. The van der Waals surface area contributed by atoms with Gasteiger partial charge in [0.1, 0.15) is 0 Å². The first-order chi connectivity index (χ1) is 14.9. The van der Waals surface area contributed by atoms with E-state index in [2.05, 4.69) is 15.3 Å². The van der Waals surface area contributed by atoms with Crippen LogP contribution in [0.5, 0.6) is 0 Å². The predicted molar refractivity (Wildman–Crippen MR) is 117 cm³/mol. The molecule has 1 aliphatic rings. The van der Waals surface area contributed by atoms with Crippen molar-refractivity contribution in [1.29, 1.82) is 0 Å². The van der Waals surface area contributed by atoms with Gasteiger partial charge in [-0.25, -0.2) is 9.98 Å². The van der Waals surface area contributed by atoms with E-state index in [9.17, 15) is 9.59 Å². The number of ether oxygens (including phenoxy) is 1. The van der Waals surface area contributed by atoms with Crippen molar-refractivity contribution in [1.82, 2.24) is 4.98 Å². The highest BCUT2D eigenvalue weighted by Crippen LogP contribution is 2.31. The minimum Gasteiger partial charge on any atom is -0.463 e. The molecule has 0 unspecified atom stereocenters. The summed E-state index contributed by atoms with van der Waals surface area (Å²) in [5.74, 6) is 0.167. The molecule has 0 spiro atoms. The van der Waals surface area contributed by atoms with Gasteiger partial charge in [-0.2, -0.15) is 0 Å². The fourth-order valence-electron chi connectivity index (χ4n) is 3.28. The van der Waals surface area contributed by atoms with Crippen LogP contribution < -0.4 is 5.32 Å². The molecule has 0 fully saturated rings. The fraction of sp³-hybridized carbons (Fsp3) is 0.217. The van der Waals surface area contributed by atoms with Crippen LogP contribution in [0.1, 0.15) is 41.1 Å². The molecule has 0 saturated carbocycles. The molecular formula is C23H20ClN3O4. The Labute approximate surface area is 184 Å². The Balaban J connectivity index is 1.51. The number of furan rings is 1. The Bertz CT molecular complexity index is 1170. The van der Waals surface area contributed by atoms with Gasteiger partial charge in [-0.05, 0) is 55.8 Å². The number of halogens is 1. The zero-order valence-corrected chi connectivity index (χ0v) is 17.8. The van der Waals surface area contributed by atoms with Crippen LogP contribution in [0.3, 0.4) is 0 Å². The van der Waals surface area contributed by atoms with Crippen LogP contribution >= 0.6 is 11.6 Å². The summed E-state index contributed by atoms with van der Waals surface area (Å²) in [5.41, 5.74) is 3.70. The number of benzene rings is 1. The summed E-state index contributed by atoms with van der Waals surface area (Å²) in [6, 6.07) is 10.3. The largest absolute Gasteiger partial charge is 0.463 e. The van der Waals surface area contributed by atoms with Crippen molar-refractivity contribution in [3.05, 3.63) is 76.3 Å². The molecule has 0 bridgehead atoms. The summed E-state index contributed by atoms with van der Waals surface area (Å²) in [4.78, 5) is 33.2. The lowest BCUT2D eigenvalue weighted by Gasteiger charge is -2.09. The number of carbonyl (C=O) groups is 2. The number of carbonyl (C=O) groups excluding carboxylic acids is 2. The molecule has 0 radical (unpaired) electrons. The molecule has 1 amide bonds. The number of aromatic nitrogens is 1. The van der Waals surface area contributed by atoms with Crippen LogP contribution in [0, 0.1) is 0 Å². The van der Waals surface area contributed by atoms with Crippen molar-refractivity contribution in [3.63, 3.8) is 0 Å². The van der Waals surface area contributed by atoms with Crippen LogP contribution in [-0.4, -0.2) is 28.7 Å². The number of aliphatic imine (C=N–C) groups is 1. The van der Waals surface area contributed by atoms with Crippen molar-refractivity contribution in [2.75, 3.05) is 5.32 Å². The molecule has 2 aromatic heterocycles. The second kappa shape index (κ2) is 8.73. The predicted octanol–water partition coefficient (Wildman–Crippen LogP) is 4.75. The number of nitrogens with one attached hydrogen (secondary N) is 1. The Kier molecular flexibility index (Phi) is 5.86. The topological polar surface area (TPSA) is 93.8 Å². The summed E-state index contributed by atoms with van der Waals surface area (Å²) in [6.07, 6.45) is 3.59. The van der Waals surface area contributed by atoms with Crippen molar-refractivity contribution in [2.45, 2.75) is 32.8 Å². The lowest BCUT2D eigenvalue weighted by atomic mass is 10.0.